The molecule has 2 unspecified atom stereocenters. The number of likely N-dealkylation sites (N-methyl/N-ethyl adjacent to an activating group) is 1. The molecule has 2 aromatic carbocycles. The van der Waals surface area contributed by atoms with Crippen molar-refractivity contribution >= 4 is 17.8 Å². The van der Waals surface area contributed by atoms with Crippen LogP contribution in [0.1, 0.15) is 25.0 Å². The normalized spacial score (nSPS) is 20.5. The first-order valence-corrected chi connectivity index (χ1v) is 12.7. The number of nitrogens with one attached hydrogen (secondary N) is 1. The van der Waals surface area contributed by atoms with E-state index in [-0.39, 0.29) is 18.5 Å². The van der Waals surface area contributed by atoms with Gasteiger partial charge in [-0.3, -0.25) is 9.59 Å². The summed E-state index contributed by atoms with van der Waals surface area (Å²) in [5, 5.41) is 2.81. The Labute approximate surface area is 218 Å². The van der Waals surface area contributed by atoms with Crippen molar-refractivity contribution in [3.63, 3.8) is 0 Å². The Balaban J connectivity index is 1.53. The second kappa shape index (κ2) is 10.9. The molecule has 4 rings (SSSR count). The van der Waals surface area contributed by atoms with Crippen molar-refractivity contribution < 1.29 is 19.1 Å². The fourth-order valence-electron chi connectivity index (χ4n) is 5.11. The van der Waals surface area contributed by atoms with Gasteiger partial charge in [-0.25, -0.2) is 4.79 Å². The molecule has 2 aromatic rings. The average molecular weight is 508 g/mol. The summed E-state index contributed by atoms with van der Waals surface area (Å²) >= 11 is 0. The molecule has 2 aliphatic heterocycles. The zero-order chi connectivity index (χ0) is 26.6. The number of nitrogens with two attached hydrogens (primary N) is 1. The van der Waals surface area contributed by atoms with Gasteiger partial charge in [-0.1, -0.05) is 60.7 Å². The lowest BCUT2D eigenvalue weighted by Crippen LogP contribution is -2.66. The number of carbonyl (C=O) groups excluding carboxylic acids is 3. The van der Waals surface area contributed by atoms with Crippen molar-refractivity contribution in [3.8, 4) is 0 Å². The van der Waals surface area contributed by atoms with E-state index < -0.39 is 23.0 Å². The minimum absolute atomic E-state index is 0.0142. The number of nitrogens with zero attached hydrogens (tertiary/aromatic N) is 3. The van der Waals surface area contributed by atoms with Crippen LogP contribution in [-0.2, 0) is 27.4 Å². The monoisotopic (exact) mass is 507 g/mol. The second-order valence-corrected chi connectivity index (χ2v) is 10.7. The van der Waals surface area contributed by atoms with E-state index >= 15 is 0 Å². The third-order valence-corrected chi connectivity index (χ3v) is 7.01. The summed E-state index contributed by atoms with van der Waals surface area (Å²) in [6, 6.07) is 18.7. The van der Waals surface area contributed by atoms with Crippen LogP contribution in [-0.4, -0.2) is 89.5 Å². The van der Waals surface area contributed by atoms with Gasteiger partial charge in [-0.2, -0.15) is 0 Å². The molecule has 2 fully saturated rings. The van der Waals surface area contributed by atoms with E-state index in [1.165, 1.54) is 0 Å². The fourth-order valence-corrected chi connectivity index (χ4v) is 5.11. The van der Waals surface area contributed by atoms with Crippen LogP contribution in [0.5, 0.6) is 0 Å². The molecule has 4 amide bonds. The first kappa shape index (κ1) is 26.6. The van der Waals surface area contributed by atoms with Gasteiger partial charge in [-0.05, 0) is 31.4 Å². The Morgan fingerprint density at radius 3 is 2.27 bits per heavy atom. The van der Waals surface area contributed by atoms with Gasteiger partial charge in [0.05, 0.1) is 24.3 Å². The molecule has 0 radical (unpaired) electrons. The molecule has 3 N–H and O–H groups in total. The predicted molar refractivity (Wildman–Crippen MR) is 140 cm³/mol. The summed E-state index contributed by atoms with van der Waals surface area (Å²) in [4.78, 5) is 44.9. The Kier molecular flexibility index (Phi) is 7.85. The molecule has 9 heteroatoms. The number of carbonyl (C=O) groups is 3. The molecule has 2 aliphatic rings. The summed E-state index contributed by atoms with van der Waals surface area (Å²) in [5.74, 6) is -0.665. The van der Waals surface area contributed by atoms with Crippen LogP contribution in [0, 0.1) is 0 Å². The van der Waals surface area contributed by atoms with Gasteiger partial charge in [0, 0.05) is 33.2 Å². The average Bonchev–Trinajstić information content (AvgIpc) is 3.12. The number of fused-ring (bicyclic) bond motifs is 1. The number of amides is 4. The third-order valence-electron chi connectivity index (χ3n) is 7.01. The summed E-state index contributed by atoms with van der Waals surface area (Å²) < 4.78 is 5.87. The topological polar surface area (TPSA) is 108 Å². The van der Waals surface area contributed by atoms with E-state index in [0.29, 0.717) is 39.2 Å². The largest absolute Gasteiger partial charge is 0.374 e. The number of benzene rings is 2. The van der Waals surface area contributed by atoms with Crippen molar-refractivity contribution in [2.75, 3.05) is 39.8 Å². The van der Waals surface area contributed by atoms with Gasteiger partial charge in [0.25, 0.3) is 0 Å². The fraction of sp³-hybridized carbons (Fsp3) is 0.464. The van der Waals surface area contributed by atoms with Crippen molar-refractivity contribution in [2.45, 2.75) is 44.0 Å². The van der Waals surface area contributed by atoms with Crippen LogP contribution >= 0.6 is 0 Å². The highest BCUT2D eigenvalue weighted by atomic mass is 16.5. The zero-order valence-corrected chi connectivity index (χ0v) is 21.9. The lowest BCUT2D eigenvalue weighted by atomic mass is 9.87. The van der Waals surface area contributed by atoms with Crippen LogP contribution in [0.3, 0.4) is 0 Å². The predicted octanol–water partition coefficient (Wildman–Crippen LogP) is 1.62. The zero-order valence-electron chi connectivity index (χ0n) is 21.9. The second-order valence-electron chi connectivity index (χ2n) is 10.7. The van der Waals surface area contributed by atoms with Crippen molar-refractivity contribution in [2.24, 2.45) is 5.73 Å². The van der Waals surface area contributed by atoms with E-state index in [9.17, 15) is 14.4 Å². The van der Waals surface area contributed by atoms with Crippen LogP contribution in [0.25, 0.3) is 0 Å². The summed E-state index contributed by atoms with van der Waals surface area (Å²) in [5.41, 5.74) is 6.39. The minimum atomic E-state index is -1.15. The molecule has 0 saturated carbocycles. The molecule has 2 atom stereocenters. The lowest BCUT2D eigenvalue weighted by Gasteiger charge is -2.46. The molecule has 0 spiro atoms. The number of ether oxygens (including phenoxy) is 1. The van der Waals surface area contributed by atoms with Gasteiger partial charge < -0.3 is 30.5 Å². The lowest BCUT2D eigenvalue weighted by molar-refractivity contribution is -0.142. The molecular formula is C28H37N5O4. The standard InChI is InChI=1S/C28H37N5O4/c1-27(2,29)25(35)30-23(18-37-17-22-12-8-5-9-13-22)24(34)32-14-15-33-26(36)31(3)19-28(33,20-32)16-21-10-6-4-7-11-21/h4-13,23H,14-20,29H2,1-3H3,(H,30,35). The Morgan fingerprint density at radius 1 is 1.03 bits per heavy atom. The first-order chi connectivity index (χ1) is 17.6. The summed E-state index contributed by atoms with van der Waals surface area (Å²) in [7, 11) is 1.79. The Hall–Kier alpha value is -3.43. The van der Waals surface area contributed by atoms with E-state index in [1.807, 2.05) is 65.6 Å². The highest BCUT2D eigenvalue weighted by molar-refractivity contribution is 5.92. The SMILES string of the molecule is CN1CC2(Cc3ccccc3)CN(C(=O)C(COCc3ccccc3)NC(=O)C(C)(C)N)CCN2C1=O. The van der Waals surface area contributed by atoms with Crippen LogP contribution < -0.4 is 11.1 Å². The molecule has 0 aromatic heterocycles. The number of rotatable bonds is 9. The van der Waals surface area contributed by atoms with E-state index in [1.54, 1.807) is 30.7 Å². The first-order valence-electron chi connectivity index (χ1n) is 12.7. The van der Waals surface area contributed by atoms with Gasteiger partial charge in [0.15, 0.2) is 0 Å². The quantitative estimate of drug-likeness (QED) is 0.536. The summed E-state index contributed by atoms with van der Waals surface area (Å²) in [6.45, 7) is 5.22. The molecule has 0 bridgehead atoms. The Bertz CT molecular complexity index is 1100. The molecule has 9 nitrogen and oxygen atoms in total. The molecule has 198 valence electrons. The van der Waals surface area contributed by atoms with E-state index in [4.69, 9.17) is 10.5 Å². The van der Waals surface area contributed by atoms with Gasteiger partial charge in [0.2, 0.25) is 11.8 Å². The molecule has 2 saturated heterocycles. The van der Waals surface area contributed by atoms with Crippen LogP contribution in [0.15, 0.2) is 60.7 Å². The molecule has 0 aliphatic carbocycles. The third kappa shape index (κ3) is 6.11. The van der Waals surface area contributed by atoms with Gasteiger partial charge >= 0.3 is 6.03 Å². The van der Waals surface area contributed by atoms with Crippen LogP contribution in [0.2, 0.25) is 0 Å². The number of hydrogen-bond donors (Lipinski definition) is 2. The van der Waals surface area contributed by atoms with Crippen LogP contribution in [0.4, 0.5) is 4.79 Å². The molecular weight excluding hydrogens is 470 g/mol. The summed E-state index contributed by atoms with van der Waals surface area (Å²) in [6.07, 6.45) is 0.630. The maximum absolute atomic E-state index is 13.8. The number of hydrogen-bond acceptors (Lipinski definition) is 5. The van der Waals surface area contributed by atoms with Crippen molar-refractivity contribution in [3.05, 3.63) is 71.8 Å². The smallest absolute Gasteiger partial charge is 0.320 e. The van der Waals surface area contributed by atoms with Crippen molar-refractivity contribution in [1.82, 2.24) is 20.0 Å². The number of urea groups is 1. The van der Waals surface area contributed by atoms with Gasteiger partial charge in [0.1, 0.15) is 6.04 Å². The maximum atomic E-state index is 13.8. The van der Waals surface area contributed by atoms with Gasteiger partial charge in [-0.15, -0.1) is 0 Å². The maximum Gasteiger partial charge on any atom is 0.320 e. The van der Waals surface area contributed by atoms with E-state index in [2.05, 4.69) is 5.32 Å². The highest BCUT2D eigenvalue weighted by Gasteiger charge is 2.52. The van der Waals surface area contributed by atoms with Crippen molar-refractivity contribution in [1.29, 1.82) is 0 Å². The minimum Gasteiger partial charge on any atom is -0.374 e. The van der Waals surface area contributed by atoms with E-state index in [0.717, 1.165) is 11.1 Å². The number of piperazine rings is 1. The Morgan fingerprint density at radius 2 is 1.65 bits per heavy atom. The molecule has 2 heterocycles. The highest BCUT2D eigenvalue weighted by Crippen LogP contribution is 2.33. The molecule has 37 heavy (non-hydrogen) atoms.